The van der Waals surface area contributed by atoms with E-state index in [1.807, 2.05) is 25.7 Å². The summed E-state index contributed by atoms with van der Waals surface area (Å²) < 4.78 is 19.7. The lowest BCUT2D eigenvalue weighted by Gasteiger charge is -2.34. The van der Waals surface area contributed by atoms with E-state index >= 15 is 0 Å². The highest BCUT2D eigenvalue weighted by Gasteiger charge is 2.42. The Morgan fingerprint density at radius 2 is 2.07 bits per heavy atom. The van der Waals surface area contributed by atoms with Crippen LogP contribution in [0.25, 0.3) is 0 Å². The molecule has 0 radical (unpaired) electrons. The average molecular weight is 420 g/mol. The summed E-state index contributed by atoms with van der Waals surface area (Å²) in [5.41, 5.74) is 5.76. The molecule has 0 bridgehead atoms. The van der Waals surface area contributed by atoms with E-state index in [0.29, 0.717) is 13.2 Å². The molecule has 3 rings (SSSR count). The number of ether oxygens (including phenoxy) is 1. The fourth-order valence-corrected chi connectivity index (χ4v) is 3.62. The van der Waals surface area contributed by atoms with E-state index in [9.17, 15) is 18.8 Å². The van der Waals surface area contributed by atoms with Gasteiger partial charge in [-0.25, -0.2) is 4.39 Å². The third-order valence-corrected chi connectivity index (χ3v) is 5.01. The van der Waals surface area contributed by atoms with Gasteiger partial charge in [0.1, 0.15) is 12.4 Å². The fourth-order valence-electron chi connectivity index (χ4n) is 3.62. The van der Waals surface area contributed by atoms with Crippen LogP contribution in [0.1, 0.15) is 33.6 Å². The molecule has 0 spiro atoms. The SMILES string of the molecule is CC(C)(C)CN(C1CC1)[C@@H](C(N)=O)C(=O)Nc1ccc(N2CCOCC2=O)c(F)c1. The van der Waals surface area contributed by atoms with Gasteiger partial charge in [-0.1, -0.05) is 20.8 Å². The van der Waals surface area contributed by atoms with Gasteiger partial charge in [0, 0.05) is 24.8 Å². The second-order valence-electron chi connectivity index (χ2n) is 9.02. The lowest BCUT2D eigenvalue weighted by Crippen LogP contribution is -2.55. The Bertz CT molecular complexity index is 835. The van der Waals surface area contributed by atoms with Crippen molar-refractivity contribution in [3.05, 3.63) is 24.0 Å². The molecule has 1 heterocycles. The van der Waals surface area contributed by atoms with Crippen LogP contribution in [0.4, 0.5) is 15.8 Å². The van der Waals surface area contributed by atoms with Crippen LogP contribution in [-0.4, -0.2) is 61.0 Å². The molecule has 8 nitrogen and oxygen atoms in total. The number of rotatable bonds is 7. The summed E-state index contributed by atoms with van der Waals surface area (Å²) in [6.45, 7) is 7.11. The van der Waals surface area contributed by atoms with Gasteiger partial charge in [0.15, 0.2) is 6.04 Å². The third-order valence-electron chi connectivity index (χ3n) is 5.01. The number of morpholine rings is 1. The van der Waals surface area contributed by atoms with Gasteiger partial charge in [0.2, 0.25) is 5.91 Å². The maximum atomic E-state index is 14.6. The number of halogens is 1. The summed E-state index contributed by atoms with van der Waals surface area (Å²) in [5, 5.41) is 2.60. The maximum Gasteiger partial charge on any atom is 0.253 e. The first-order valence-electron chi connectivity index (χ1n) is 10.1. The van der Waals surface area contributed by atoms with Gasteiger partial charge in [-0.2, -0.15) is 0 Å². The molecule has 1 saturated heterocycles. The van der Waals surface area contributed by atoms with E-state index in [1.165, 1.54) is 17.0 Å². The molecule has 9 heteroatoms. The molecule has 3 N–H and O–H groups in total. The highest BCUT2D eigenvalue weighted by atomic mass is 19.1. The number of amides is 3. The molecule has 2 aliphatic rings. The van der Waals surface area contributed by atoms with Crippen LogP contribution < -0.4 is 16.0 Å². The van der Waals surface area contributed by atoms with Crippen molar-refractivity contribution in [1.29, 1.82) is 0 Å². The number of carbonyl (C=O) groups excluding carboxylic acids is 3. The maximum absolute atomic E-state index is 14.6. The van der Waals surface area contributed by atoms with Crippen LogP contribution in [0.15, 0.2) is 18.2 Å². The van der Waals surface area contributed by atoms with Crippen molar-refractivity contribution in [3.63, 3.8) is 0 Å². The number of primary amides is 1. The Kier molecular flexibility index (Phi) is 6.42. The lowest BCUT2D eigenvalue weighted by atomic mass is 9.94. The van der Waals surface area contributed by atoms with Crippen LogP contribution in [0.5, 0.6) is 0 Å². The highest BCUT2D eigenvalue weighted by molar-refractivity contribution is 6.09. The highest BCUT2D eigenvalue weighted by Crippen LogP contribution is 2.32. The van der Waals surface area contributed by atoms with Gasteiger partial charge in [-0.3, -0.25) is 19.3 Å². The topological polar surface area (TPSA) is 105 Å². The minimum Gasteiger partial charge on any atom is -0.370 e. The Hall–Kier alpha value is -2.52. The van der Waals surface area contributed by atoms with Crippen molar-refractivity contribution >= 4 is 29.1 Å². The van der Waals surface area contributed by atoms with Crippen molar-refractivity contribution in [2.75, 3.05) is 36.5 Å². The van der Waals surface area contributed by atoms with E-state index in [2.05, 4.69) is 5.32 Å². The molecule has 1 aromatic rings. The number of anilines is 2. The van der Waals surface area contributed by atoms with E-state index in [4.69, 9.17) is 10.5 Å². The first-order valence-corrected chi connectivity index (χ1v) is 10.1. The van der Waals surface area contributed by atoms with E-state index in [-0.39, 0.29) is 41.9 Å². The second kappa shape index (κ2) is 8.69. The standard InChI is InChI=1S/C21H29FN4O4/c1-21(2,3)12-26(14-5-6-14)18(19(23)28)20(29)24-13-4-7-16(15(22)10-13)25-8-9-30-11-17(25)27/h4,7,10,14,18H,5-6,8-9,11-12H2,1-3H3,(H2,23,28)(H,24,29)/t18-/m0/s1. The Labute approximate surface area is 175 Å². The molecule has 164 valence electrons. The van der Waals surface area contributed by atoms with Gasteiger partial charge in [0.25, 0.3) is 11.8 Å². The number of hydrogen-bond donors (Lipinski definition) is 2. The average Bonchev–Trinajstić information content (AvgIpc) is 3.46. The summed E-state index contributed by atoms with van der Waals surface area (Å²) in [6, 6.07) is 3.07. The van der Waals surface area contributed by atoms with Crippen molar-refractivity contribution in [1.82, 2.24) is 4.90 Å². The van der Waals surface area contributed by atoms with Crippen LogP contribution >= 0.6 is 0 Å². The monoisotopic (exact) mass is 420 g/mol. The smallest absolute Gasteiger partial charge is 0.253 e. The number of nitrogens with zero attached hydrogens (tertiary/aromatic N) is 2. The molecule has 1 aliphatic heterocycles. The van der Waals surface area contributed by atoms with Gasteiger partial charge in [-0.15, -0.1) is 0 Å². The van der Waals surface area contributed by atoms with Crippen molar-refractivity contribution < 1.29 is 23.5 Å². The molecular weight excluding hydrogens is 391 g/mol. The fraction of sp³-hybridized carbons (Fsp3) is 0.571. The predicted octanol–water partition coefficient (Wildman–Crippen LogP) is 1.49. The lowest BCUT2D eigenvalue weighted by molar-refractivity contribution is -0.133. The zero-order chi connectivity index (χ0) is 22.1. The van der Waals surface area contributed by atoms with Gasteiger partial charge < -0.3 is 20.7 Å². The predicted molar refractivity (Wildman–Crippen MR) is 110 cm³/mol. The molecule has 1 aliphatic carbocycles. The number of nitrogens with one attached hydrogen (secondary N) is 1. The first kappa shape index (κ1) is 22.2. The number of hydrogen-bond acceptors (Lipinski definition) is 5. The molecule has 2 fully saturated rings. The minimum absolute atomic E-state index is 0.0942. The third kappa shape index (κ3) is 5.34. The molecule has 0 aromatic heterocycles. The van der Waals surface area contributed by atoms with Gasteiger partial charge in [0.05, 0.1) is 12.3 Å². The normalized spacial score (nSPS) is 18.4. The Morgan fingerprint density at radius 3 is 2.60 bits per heavy atom. The Balaban J connectivity index is 1.76. The number of carbonyl (C=O) groups is 3. The van der Waals surface area contributed by atoms with Gasteiger partial charge >= 0.3 is 0 Å². The van der Waals surface area contributed by atoms with Crippen molar-refractivity contribution in [2.45, 2.75) is 45.7 Å². The molecule has 30 heavy (non-hydrogen) atoms. The minimum atomic E-state index is -1.14. The van der Waals surface area contributed by atoms with E-state index in [1.54, 1.807) is 0 Å². The number of benzene rings is 1. The summed E-state index contributed by atoms with van der Waals surface area (Å²) in [7, 11) is 0. The van der Waals surface area contributed by atoms with Crippen LogP contribution in [-0.2, 0) is 19.1 Å². The quantitative estimate of drug-likeness (QED) is 0.651. The zero-order valence-corrected chi connectivity index (χ0v) is 17.6. The number of nitrogens with two attached hydrogens (primary N) is 1. The molecule has 1 aromatic carbocycles. The van der Waals surface area contributed by atoms with Gasteiger partial charge in [-0.05, 0) is 36.5 Å². The second-order valence-corrected chi connectivity index (χ2v) is 9.02. The molecule has 0 unspecified atom stereocenters. The van der Waals surface area contributed by atoms with Crippen molar-refractivity contribution in [3.8, 4) is 0 Å². The van der Waals surface area contributed by atoms with E-state index < -0.39 is 23.7 Å². The summed E-state index contributed by atoms with van der Waals surface area (Å²) in [6.07, 6.45) is 1.81. The summed E-state index contributed by atoms with van der Waals surface area (Å²) in [5.74, 6) is -2.30. The summed E-state index contributed by atoms with van der Waals surface area (Å²) in [4.78, 5) is 40.1. The van der Waals surface area contributed by atoms with Crippen LogP contribution in [0, 0.1) is 11.2 Å². The Morgan fingerprint density at radius 1 is 1.37 bits per heavy atom. The summed E-state index contributed by atoms with van der Waals surface area (Å²) >= 11 is 0. The molecule has 1 atom stereocenters. The van der Waals surface area contributed by atoms with Crippen LogP contribution in [0.3, 0.4) is 0 Å². The van der Waals surface area contributed by atoms with Crippen LogP contribution in [0.2, 0.25) is 0 Å². The first-order chi connectivity index (χ1) is 14.1. The molecule has 3 amide bonds. The zero-order valence-electron chi connectivity index (χ0n) is 17.6. The molecular formula is C21H29FN4O4. The molecule has 1 saturated carbocycles. The van der Waals surface area contributed by atoms with E-state index in [0.717, 1.165) is 18.9 Å². The van der Waals surface area contributed by atoms with Crippen molar-refractivity contribution in [2.24, 2.45) is 11.1 Å². The largest absolute Gasteiger partial charge is 0.370 e.